The Morgan fingerprint density at radius 3 is 2.18 bits per heavy atom. The molecule has 1 heterocycles. The lowest BCUT2D eigenvalue weighted by atomic mass is 9.78. The zero-order chi connectivity index (χ0) is 13.3. The molecule has 0 aromatic carbocycles. The first-order chi connectivity index (χ1) is 7.62. The second-order valence-electron chi connectivity index (χ2n) is 6.86. The van der Waals surface area contributed by atoms with Crippen molar-refractivity contribution in [3.8, 4) is 0 Å². The van der Waals surface area contributed by atoms with Gasteiger partial charge in [0.15, 0.2) is 4.93 Å². The molecular formula is C14H26OS2. The SMILES string of the molecule is CCOC1(C(C)(C)C)SSC=C1CC(C)(C)C. The molecule has 1 rings (SSSR count). The third kappa shape index (κ3) is 3.45. The largest absolute Gasteiger partial charge is 0.359 e. The first-order valence-corrected chi connectivity index (χ1v) is 8.52. The van der Waals surface area contributed by atoms with E-state index in [0.717, 1.165) is 13.0 Å². The van der Waals surface area contributed by atoms with Crippen LogP contribution in [0.4, 0.5) is 0 Å². The molecule has 100 valence electrons. The minimum atomic E-state index is -0.153. The van der Waals surface area contributed by atoms with Gasteiger partial charge in [0.2, 0.25) is 0 Å². The summed E-state index contributed by atoms with van der Waals surface area (Å²) in [5.41, 5.74) is 1.88. The molecule has 0 aromatic heterocycles. The maximum Gasteiger partial charge on any atom is 0.150 e. The highest BCUT2D eigenvalue weighted by atomic mass is 33.1. The van der Waals surface area contributed by atoms with Gasteiger partial charge < -0.3 is 4.74 Å². The highest BCUT2D eigenvalue weighted by molar-refractivity contribution is 8.78. The molecule has 0 saturated carbocycles. The van der Waals surface area contributed by atoms with Gasteiger partial charge in [-0.1, -0.05) is 52.3 Å². The first-order valence-electron chi connectivity index (χ1n) is 6.30. The number of ether oxygens (including phenoxy) is 1. The van der Waals surface area contributed by atoms with E-state index < -0.39 is 0 Å². The predicted molar refractivity (Wildman–Crippen MR) is 81.1 cm³/mol. The number of rotatable bonds is 3. The fraction of sp³-hybridized carbons (Fsp3) is 0.857. The highest BCUT2D eigenvalue weighted by Gasteiger charge is 2.50. The molecule has 0 aliphatic carbocycles. The first kappa shape index (κ1) is 15.5. The summed E-state index contributed by atoms with van der Waals surface area (Å²) >= 11 is 0. The fourth-order valence-electron chi connectivity index (χ4n) is 2.15. The van der Waals surface area contributed by atoms with Crippen LogP contribution in [0.3, 0.4) is 0 Å². The van der Waals surface area contributed by atoms with E-state index in [2.05, 4.69) is 53.9 Å². The van der Waals surface area contributed by atoms with Crippen molar-refractivity contribution in [2.45, 2.75) is 59.8 Å². The normalized spacial score (nSPS) is 26.2. The Balaban J connectivity index is 3.02. The van der Waals surface area contributed by atoms with Crippen LogP contribution >= 0.6 is 21.6 Å². The van der Waals surface area contributed by atoms with Crippen LogP contribution in [0.25, 0.3) is 0 Å². The predicted octanol–water partition coefficient (Wildman–Crippen LogP) is 5.48. The van der Waals surface area contributed by atoms with E-state index >= 15 is 0 Å². The minimum absolute atomic E-state index is 0.119. The molecular weight excluding hydrogens is 248 g/mol. The Kier molecular flexibility index (Phi) is 4.71. The lowest BCUT2D eigenvalue weighted by Crippen LogP contribution is -2.43. The molecule has 0 saturated heterocycles. The highest BCUT2D eigenvalue weighted by Crippen LogP contribution is 2.60. The molecule has 0 N–H and O–H groups in total. The molecule has 1 aliphatic rings. The van der Waals surface area contributed by atoms with E-state index in [9.17, 15) is 0 Å². The maximum absolute atomic E-state index is 6.19. The molecule has 1 atom stereocenters. The van der Waals surface area contributed by atoms with Crippen molar-refractivity contribution >= 4 is 21.6 Å². The van der Waals surface area contributed by atoms with Crippen LogP contribution in [0.1, 0.15) is 54.9 Å². The zero-order valence-corrected chi connectivity index (χ0v) is 13.8. The van der Waals surface area contributed by atoms with Gasteiger partial charge in [0.25, 0.3) is 0 Å². The molecule has 0 radical (unpaired) electrons. The molecule has 0 fully saturated rings. The van der Waals surface area contributed by atoms with Crippen LogP contribution in [0.5, 0.6) is 0 Å². The zero-order valence-electron chi connectivity index (χ0n) is 12.2. The monoisotopic (exact) mass is 274 g/mol. The van der Waals surface area contributed by atoms with Crippen molar-refractivity contribution < 1.29 is 4.74 Å². The van der Waals surface area contributed by atoms with Crippen LogP contribution in [-0.2, 0) is 4.74 Å². The second-order valence-corrected chi connectivity index (χ2v) is 9.11. The van der Waals surface area contributed by atoms with Gasteiger partial charge in [-0.3, -0.25) is 0 Å². The average Bonchev–Trinajstić information content (AvgIpc) is 2.46. The smallest absolute Gasteiger partial charge is 0.150 e. The summed E-state index contributed by atoms with van der Waals surface area (Å²) < 4.78 is 6.19. The number of hydrogen-bond acceptors (Lipinski definition) is 3. The summed E-state index contributed by atoms with van der Waals surface area (Å²) in [6.45, 7) is 16.6. The number of hydrogen-bond donors (Lipinski definition) is 0. The van der Waals surface area contributed by atoms with Crippen LogP contribution in [-0.4, -0.2) is 11.5 Å². The molecule has 0 amide bonds. The summed E-state index contributed by atoms with van der Waals surface area (Å²) in [5, 5.41) is 2.30. The lowest BCUT2D eigenvalue weighted by molar-refractivity contribution is -0.0167. The summed E-state index contributed by atoms with van der Waals surface area (Å²) in [4.78, 5) is -0.153. The van der Waals surface area contributed by atoms with E-state index in [1.165, 1.54) is 5.57 Å². The summed E-state index contributed by atoms with van der Waals surface area (Å²) in [5.74, 6) is 0. The molecule has 1 unspecified atom stereocenters. The van der Waals surface area contributed by atoms with Crippen LogP contribution in [0, 0.1) is 10.8 Å². The third-order valence-electron chi connectivity index (χ3n) is 2.83. The topological polar surface area (TPSA) is 9.23 Å². The van der Waals surface area contributed by atoms with Gasteiger partial charge in [-0.05, 0) is 40.5 Å². The molecule has 1 aliphatic heterocycles. The summed E-state index contributed by atoms with van der Waals surface area (Å²) in [6, 6.07) is 0. The van der Waals surface area contributed by atoms with E-state index in [4.69, 9.17) is 4.74 Å². The van der Waals surface area contributed by atoms with Crippen molar-refractivity contribution in [1.82, 2.24) is 0 Å². The van der Waals surface area contributed by atoms with Crippen molar-refractivity contribution in [2.24, 2.45) is 10.8 Å². The summed E-state index contributed by atoms with van der Waals surface area (Å²) in [7, 11) is 3.70. The Hall–Kier alpha value is 0.400. The Labute approximate surface area is 115 Å². The molecule has 17 heavy (non-hydrogen) atoms. The van der Waals surface area contributed by atoms with Gasteiger partial charge in [0.1, 0.15) is 0 Å². The van der Waals surface area contributed by atoms with Gasteiger partial charge in [0.05, 0.1) is 0 Å². The van der Waals surface area contributed by atoms with Gasteiger partial charge in [-0.2, -0.15) is 0 Å². The van der Waals surface area contributed by atoms with Gasteiger partial charge in [-0.15, -0.1) is 0 Å². The van der Waals surface area contributed by atoms with Crippen LogP contribution < -0.4 is 0 Å². The van der Waals surface area contributed by atoms with Gasteiger partial charge in [-0.25, -0.2) is 0 Å². The van der Waals surface area contributed by atoms with Crippen molar-refractivity contribution in [1.29, 1.82) is 0 Å². The standard InChI is InChI=1S/C14H26OS2/c1-8-15-14(13(5,6)7)11(10-16-17-14)9-12(2,3)4/h10H,8-9H2,1-7H3. The van der Waals surface area contributed by atoms with Crippen molar-refractivity contribution in [3.05, 3.63) is 11.0 Å². The lowest BCUT2D eigenvalue weighted by Gasteiger charge is -2.43. The molecule has 1 nitrogen and oxygen atoms in total. The van der Waals surface area contributed by atoms with E-state index in [1.54, 1.807) is 0 Å². The minimum Gasteiger partial charge on any atom is -0.359 e. The average molecular weight is 274 g/mol. The second kappa shape index (κ2) is 5.18. The van der Waals surface area contributed by atoms with Crippen LogP contribution in [0.15, 0.2) is 11.0 Å². The van der Waals surface area contributed by atoms with E-state index in [0.29, 0.717) is 5.41 Å². The third-order valence-corrected chi connectivity index (χ3v) is 5.82. The Morgan fingerprint density at radius 2 is 1.76 bits per heavy atom. The molecule has 0 spiro atoms. The quantitative estimate of drug-likeness (QED) is 0.631. The van der Waals surface area contributed by atoms with E-state index in [-0.39, 0.29) is 10.3 Å². The van der Waals surface area contributed by atoms with Crippen LogP contribution in [0.2, 0.25) is 0 Å². The fourth-order valence-corrected chi connectivity index (χ4v) is 5.55. The summed E-state index contributed by atoms with van der Waals surface area (Å²) in [6.07, 6.45) is 1.10. The maximum atomic E-state index is 6.19. The molecule has 0 aromatic rings. The van der Waals surface area contributed by atoms with Gasteiger partial charge in [0, 0.05) is 12.0 Å². The Morgan fingerprint density at radius 1 is 1.18 bits per heavy atom. The molecule has 3 heteroatoms. The Bertz CT molecular complexity index is 296. The molecule has 0 bridgehead atoms. The van der Waals surface area contributed by atoms with Crippen molar-refractivity contribution in [2.75, 3.05) is 6.61 Å². The van der Waals surface area contributed by atoms with E-state index in [1.807, 2.05) is 21.6 Å². The van der Waals surface area contributed by atoms with Gasteiger partial charge >= 0.3 is 0 Å². The van der Waals surface area contributed by atoms with Crippen molar-refractivity contribution in [3.63, 3.8) is 0 Å².